The van der Waals surface area contributed by atoms with E-state index in [0.29, 0.717) is 6.42 Å². The van der Waals surface area contributed by atoms with Crippen LogP contribution in [0.5, 0.6) is 0 Å². The van der Waals surface area contributed by atoms with Crippen LogP contribution >= 0.6 is 37.2 Å². The van der Waals surface area contributed by atoms with Crippen molar-refractivity contribution in [2.75, 3.05) is 31.8 Å². The van der Waals surface area contributed by atoms with Crippen molar-refractivity contribution in [3.63, 3.8) is 0 Å². The molecule has 0 aromatic rings. The van der Waals surface area contributed by atoms with Crippen molar-refractivity contribution < 1.29 is 41.7 Å². The monoisotopic (exact) mass is 534 g/mol. The minimum Gasteiger partial charge on any atom is -0.380 e. The smallest absolute Gasteiger partial charge is 0.380 e. The molecule has 1 aliphatic heterocycles. The molecule has 1 saturated heterocycles. The zero-order valence-electron chi connectivity index (χ0n) is 19.0. The molecule has 0 amide bonds. The molecule has 1 aliphatic rings. The van der Waals surface area contributed by atoms with E-state index in [1.165, 1.54) is 31.4 Å². The van der Waals surface area contributed by atoms with Crippen molar-refractivity contribution in [1.82, 2.24) is 0 Å². The van der Waals surface area contributed by atoms with Crippen molar-refractivity contribution in [3.8, 4) is 0 Å². The van der Waals surface area contributed by atoms with Gasteiger partial charge in [0.1, 0.15) is 14.0 Å². The highest BCUT2D eigenvalue weighted by Gasteiger charge is 2.40. The summed E-state index contributed by atoms with van der Waals surface area (Å²) in [6.07, 6.45) is 7.20. The van der Waals surface area contributed by atoms with Gasteiger partial charge in [-0.05, 0) is 25.7 Å². The lowest BCUT2D eigenvalue weighted by molar-refractivity contribution is -0.00843. The Morgan fingerprint density at radius 1 is 0.969 bits per heavy atom. The van der Waals surface area contributed by atoms with Crippen LogP contribution < -0.4 is 0 Å². The molecule has 2 radical (unpaired) electrons. The highest BCUT2D eigenvalue weighted by molar-refractivity contribution is 8.76. The molecular weight excluding hydrogens is 497 g/mol. The minimum atomic E-state index is -4.28. The maximum absolute atomic E-state index is 12.1. The second-order valence-corrected chi connectivity index (χ2v) is 13.1. The number of unbranched alkanes of at least 4 members (excludes halogenated alkanes) is 6. The molecule has 3 unspecified atom stereocenters. The number of ether oxygens (including phenoxy) is 1. The van der Waals surface area contributed by atoms with E-state index in [1.54, 1.807) is 0 Å². The molecule has 0 spiro atoms. The molecule has 0 aliphatic carbocycles. The van der Waals surface area contributed by atoms with E-state index in [-0.39, 0.29) is 19.6 Å². The maximum atomic E-state index is 12.1. The minimum absolute atomic E-state index is 0.105. The van der Waals surface area contributed by atoms with Crippen LogP contribution in [0.1, 0.15) is 64.7 Å². The van der Waals surface area contributed by atoms with Gasteiger partial charge in [0, 0.05) is 24.6 Å². The van der Waals surface area contributed by atoms with Crippen LogP contribution in [0.3, 0.4) is 0 Å². The van der Waals surface area contributed by atoms with Crippen LogP contribution in [0.2, 0.25) is 0 Å². The molecule has 0 bridgehead atoms. The third kappa shape index (κ3) is 15.0. The van der Waals surface area contributed by atoms with Gasteiger partial charge in [0.15, 0.2) is 0 Å². The summed E-state index contributed by atoms with van der Waals surface area (Å²) in [5, 5.41) is 0. The second-order valence-electron chi connectivity index (χ2n) is 7.46. The Morgan fingerprint density at radius 3 is 2.22 bits per heavy atom. The van der Waals surface area contributed by atoms with Gasteiger partial charge in [-0.3, -0.25) is 18.1 Å². The molecule has 0 aromatic heterocycles. The largest absolute Gasteiger partial charge is 0.472 e. The van der Waals surface area contributed by atoms with Gasteiger partial charge in [-0.1, -0.05) is 60.6 Å². The normalized spacial score (nSPS) is 24.9. The zero-order valence-corrected chi connectivity index (χ0v) is 22.4. The molecule has 1 heterocycles. The molecule has 14 heteroatoms. The van der Waals surface area contributed by atoms with Gasteiger partial charge < -0.3 is 14.5 Å². The number of phosphoric acid groups is 2. The Morgan fingerprint density at radius 2 is 1.59 bits per heavy atom. The number of rotatable bonds is 20. The van der Waals surface area contributed by atoms with E-state index in [0.717, 1.165) is 32.1 Å². The Balaban J connectivity index is 2.10. The van der Waals surface area contributed by atoms with E-state index in [1.807, 2.05) is 21.6 Å². The fourth-order valence-corrected chi connectivity index (χ4v) is 6.64. The lowest BCUT2D eigenvalue weighted by atomic mass is 9.96. The van der Waals surface area contributed by atoms with Crippen LogP contribution in [-0.4, -0.2) is 67.7 Å². The first kappa shape index (κ1) is 31.0. The molecule has 1 rings (SSSR count). The van der Waals surface area contributed by atoms with Crippen molar-refractivity contribution >= 4 is 45.1 Å². The molecular formula is C18H37BO9P2S2. The summed E-state index contributed by atoms with van der Waals surface area (Å²) in [4.78, 5) is 19.3. The molecule has 5 atom stereocenters. The molecule has 32 heavy (non-hydrogen) atoms. The Bertz CT molecular complexity index is 591. The van der Waals surface area contributed by atoms with Gasteiger partial charge in [0.2, 0.25) is 0 Å². The van der Waals surface area contributed by atoms with Crippen LogP contribution in [0.25, 0.3) is 0 Å². The molecule has 1 fully saturated rings. The number of hydrogen-bond acceptors (Lipinski definition) is 9. The summed E-state index contributed by atoms with van der Waals surface area (Å²) in [6, 6.07) is -0.748. The van der Waals surface area contributed by atoms with Crippen LogP contribution in [0.15, 0.2) is 0 Å². The summed E-state index contributed by atoms with van der Waals surface area (Å²) >= 11 is 0. The Labute approximate surface area is 201 Å². The third-order valence-corrected chi connectivity index (χ3v) is 9.23. The Hall–Kier alpha value is 0.945. The van der Waals surface area contributed by atoms with Crippen molar-refractivity contribution in [3.05, 3.63) is 0 Å². The fraction of sp³-hybridized carbons (Fsp3) is 1.00. The maximum Gasteiger partial charge on any atom is 0.472 e. The van der Waals surface area contributed by atoms with Gasteiger partial charge in [-0.25, -0.2) is 9.13 Å². The van der Waals surface area contributed by atoms with Crippen LogP contribution in [-0.2, 0) is 32.0 Å². The van der Waals surface area contributed by atoms with Gasteiger partial charge in [0.05, 0.1) is 19.3 Å². The van der Waals surface area contributed by atoms with Gasteiger partial charge >= 0.3 is 15.6 Å². The van der Waals surface area contributed by atoms with Gasteiger partial charge in [-0.2, -0.15) is 0 Å². The predicted octanol–water partition coefficient (Wildman–Crippen LogP) is 5.06. The summed E-state index contributed by atoms with van der Waals surface area (Å²) in [5.74, 6) is 2.32. The highest BCUT2D eigenvalue weighted by atomic mass is 33.1. The molecule has 2 N–H and O–H groups in total. The predicted molar refractivity (Wildman–Crippen MR) is 130 cm³/mol. The number of hydrogen-bond donors (Lipinski definition) is 2. The fourth-order valence-electron chi connectivity index (χ4n) is 2.93. The molecule has 188 valence electrons. The molecule has 0 saturated carbocycles. The summed E-state index contributed by atoms with van der Waals surface area (Å²) < 4.78 is 48.3. The molecule has 0 aromatic carbocycles. The summed E-state index contributed by atoms with van der Waals surface area (Å²) in [6.45, 7) is 1.95. The first-order valence-electron chi connectivity index (χ1n) is 11.0. The first-order valence-corrected chi connectivity index (χ1v) is 16.5. The highest BCUT2D eigenvalue weighted by Crippen LogP contribution is 2.48. The van der Waals surface area contributed by atoms with E-state index in [4.69, 9.17) is 26.2 Å². The average Bonchev–Trinajstić information content (AvgIpc) is 3.08. The summed E-state index contributed by atoms with van der Waals surface area (Å²) in [7, 11) is 2.02. The lowest BCUT2D eigenvalue weighted by Crippen LogP contribution is -2.28. The lowest BCUT2D eigenvalue weighted by Gasteiger charge is -2.21. The standard InChI is InChI=1S/C18H37BO9P2S2/c1-3-4-5-9-12-31-32-13-10-7-6-8-11-25-30(22,23)26-15-17-16(14-18(19)27-17)28-29(20,21)24-2/h16-18H,3-15H2,1-2H3,(H,20,21)(H,22,23)/t16?,17-,18-/m1/s1. The van der Waals surface area contributed by atoms with Gasteiger partial charge in [0.25, 0.3) is 0 Å². The van der Waals surface area contributed by atoms with E-state index >= 15 is 0 Å². The van der Waals surface area contributed by atoms with Crippen molar-refractivity contribution in [2.24, 2.45) is 0 Å². The third-order valence-electron chi connectivity index (χ3n) is 4.67. The van der Waals surface area contributed by atoms with E-state index < -0.39 is 33.9 Å². The van der Waals surface area contributed by atoms with Crippen LogP contribution in [0.4, 0.5) is 0 Å². The first-order chi connectivity index (χ1) is 15.2. The number of phosphoric ester groups is 2. The zero-order chi connectivity index (χ0) is 23.9. The SMILES string of the molecule is [B][C@H]1CC(OP(=O)(O)OC)[C@@H](COP(=O)(O)OCCCCCCSSCCCCCC)O1. The second kappa shape index (κ2) is 17.4. The van der Waals surface area contributed by atoms with E-state index in [2.05, 4.69) is 11.4 Å². The Kier molecular flexibility index (Phi) is 16.8. The van der Waals surface area contributed by atoms with Crippen LogP contribution in [0, 0.1) is 0 Å². The van der Waals surface area contributed by atoms with Gasteiger partial charge in [-0.15, -0.1) is 0 Å². The topological polar surface area (TPSA) is 121 Å². The quantitative estimate of drug-likeness (QED) is 0.0944. The van der Waals surface area contributed by atoms with Crippen molar-refractivity contribution in [1.29, 1.82) is 0 Å². The average molecular weight is 534 g/mol. The molecule has 9 nitrogen and oxygen atoms in total. The summed E-state index contributed by atoms with van der Waals surface area (Å²) in [5.41, 5.74) is 0. The van der Waals surface area contributed by atoms with Crippen molar-refractivity contribution in [2.45, 2.75) is 82.9 Å². The van der Waals surface area contributed by atoms with E-state index in [9.17, 15) is 18.9 Å².